The molecule has 0 spiro atoms. The van der Waals surface area contributed by atoms with Crippen molar-refractivity contribution in [2.24, 2.45) is 5.73 Å². The van der Waals surface area contributed by atoms with E-state index >= 15 is 0 Å². The van der Waals surface area contributed by atoms with Gasteiger partial charge in [0, 0.05) is 13.2 Å². The molecule has 1 aliphatic rings. The van der Waals surface area contributed by atoms with Crippen LogP contribution < -0.4 is 5.73 Å². The van der Waals surface area contributed by atoms with E-state index in [4.69, 9.17) is 10.5 Å². The molecule has 1 amide bonds. The molecule has 1 fully saturated rings. The topological polar surface area (TPSA) is 55.6 Å². The third-order valence-electron chi connectivity index (χ3n) is 3.33. The van der Waals surface area contributed by atoms with E-state index in [-0.39, 0.29) is 30.9 Å². The van der Waals surface area contributed by atoms with Crippen LogP contribution in [0.1, 0.15) is 12.0 Å². The SMILES string of the molecule is Cl.NCC(=O)N(CCc1ccccc1)C1CCOC1. The predicted molar refractivity (Wildman–Crippen MR) is 77.4 cm³/mol. The number of carbonyl (C=O) groups excluding carboxylic acids is 1. The molecule has 0 bridgehead atoms. The molecule has 2 N–H and O–H groups in total. The summed E-state index contributed by atoms with van der Waals surface area (Å²) in [4.78, 5) is 13.7. The third kappa shape index (κ3) is 4.49. The second-order valence-electron chi connectivity index (χ2n) is 4.54. The summed E-state index contributed by atoms with van der Waals surface area (Å²) in [5.41, 5.74) is 6.72. The van der Waals surface area contributed by atoms with Gasteiger partial charge in [-0.1, -0.05) is 30.3 Å². The van der Waals surface area contributed by atoms with Gasteiger partial charge in [-0.15, -0.1) is 12.4 Å². The van der Waals surface area contributed by atoms with Crippen molar-refractivity contribution >= 4 is 18.3 Å². The quantitative estimate of drug-likeness (QED) is 0.885. The zero-order valence-corrected chi connectivity index (χ0v) is 11.8. The predicted octanol–water partition coefficient (Wildman–Crippen LogP) is 1.23. The standard InChI is InChI=1S/C14H20N2O2.ClH/c15-10-14(17)16(13-7-9-18-11-13)8-6-12-4-2-1-3-5-12;/h1-5,13H,6-11,15H2;1H. The van der Waals surface area contributed by atoms with E-state index in [2.05, 4.69) is 12.1 Å². The molecule has 1 aliphatic heterocycles. The Labute approximate surface area is 120 Å². The summed E-state index contributed by atoms with van der Waals surface area (Å²) in [6.07, 6.45) is 1.78. The molecule has 2 rings (SSSR count). The van der Waals surface area contributed by atoms with Gasteiger partial charge in [0.1, 0.15) is 0 Å². The summed E-state index contributed by atoms with van der Waals surface area (Å²) < 4.78 is 5.35. The van der Waals surface area contributed by atoms with Crippen molar-refractivity contribution in [2.75, 3.05) is 26.3 Å². The van der Waals surface area contributed by atoms with Crippen molar-refractivity contribution < 1.29 is 9.53 Å². The molecule has 1 heterocycles. The molecule has 1 atom stereocenters. The second-order valence-corrected chi connectivity index (χ2v) is 4.54. The Morgan fingerprint density at radius 1 is 1.37 bits per heavy atom. The lowest BCUT2D eigenvalue weighted by Gasteiger charge is -2.27. The summed E-state index contributed by atoms with van der Waals surface area (Å²) in [5.74, 6) is 0.0152. The summed E-state index contributed by atoms with van der Waals surface area (Å²) in [6, 6.07) is 10.4. The minimum Gasteiger partial charge on any atom is -0.379 e. The van der Waals surface area contributed by atoms with Gasteiger partial charge in [0.25, 0.3) is 0 Å². The van der Waals surface area contributed by atoms with E-state index in [0.717, 1.165) is 19.4 Å². The molecule has 0 aliphatic carbocycles. The van der Waals surface area contributed by atoms with Crippen LogP contribution in [-0.4, -0.2) is 43.2 Å². The number of amides is 1. The van der Waals surface area contributed by atoms with Crippen molar-refractivity contribution in [3.8, 4) is 0 Å². The summed E-state index contributed by atoms with van der Waals surface area (Å²) in [7, 11) is 0. The highest BCUT2D eigenvalue weighted by atomic mass is 35.5. The molecule has 0 saturated carbocycles. The third-order valence-corrected chi connectivity index (χ3v) is 3.33. The second kappa shape index (κ2) is 8.15. The van der Waals surface area contributed by atoms with Crippen LogP contribution in [0.3, 0.4) is 0 Å². The number of benzene rings is 1. The highest BCUT2D eigenvalue weighted by Crippen LogP contribution is 2.13. The van der Waals surface area contributed by atoms with Crippen molar-refractivity contribution in [3.63, 3.8) is 0 Å². The Morgan fingerprint density at radius 2 is 2.11 bits per heavy atom. The maximum absolute atomic E-state index is 11.9. The highest BCUT2D eigenvalue weighted by Gasteiger charge is 2.26. The van der Waals surface area contributed by atoms with Crippen LogP contribution in [0, 0.1) is 0 Å². The van der Waals surface area contributed by atoms with Crippen molar-refractivity contribution in [1.82, 2.24) is 4.90 Å². The van der Waals surface area contributed by atoms with Crippen LogP contribution in [0.2, 0.25) is 0 Å². The number of hydrogen-bond donors (Lipinski definition) is 1. The van der Waals surface area contributed by atoms with Crippen LogP contribution in [0.4, 0.5) is 0 Å². The van der Waals surface area contributed by atoms with E-state index in [0.29, 0.717) is 13.2 Å². The number of hydrogen-bond acceptors (Lipinski definition) is 3. The lowest BCUT2D eigenvalue weighted by atomic mass is 10.1. The summed E-state index contributed by atoms with van der Waals surface area (Å²) >= 11 is 0. The Morgan fingerprint density at radius 3 is 2.68 bits per heavy atom. The van der Waals surface area contributed by atoms with Crippen molar-refractivity contribution in [2.45, 2.75) is 18.9 Å². The molecule has 106 valence electrons. The monoisotopic (exact) mass is 284 g/mol. The van der Waals surface area contributed by atoms with Gasteiger partial charge in [-0.2, -0.15) is 0 Å². The molecular formula is C14H21ClN2O2. The van der Waals surface area contributed by atoms with Gasteiger partial charge in [-0.05, 0) is 18.4 Å². The Bertz CT molecular complexity index is 380. The van der Waals surface area contributed by atoms with Crippen LogP contribution in [0.25, 0.3) is 0 Å². The van der Waals surface area contributed by atoms with Crippen molar-refractivity contribution in [1.29, 1.82) is 0 Å². The van der Waals surface area contributed by atoms with Gasteiger partial charge in [0.15, 0.2) is 0 Å². The molecule has 1 aromatic carbocycles. The van der Waals surface area contributed by atoms with Gasteiger partial charge >= 0.3 is 0 Å². The molecule has 1 unspecified atom stereocenters. The minimum atomic E-state index is 0. The van der Waals surface area contributed by atoms with Gasteiger partial charge in [0.05, 0.1) is 19.2 Å². The van der Waals surface area contributed by atoms with Crippen molar-refractivity contribution in [3.05, 3.63) is 35.9 Å². The summed E-state index contributed by atoms with van der Waals surface area (Å²) in [5, 5.41) is 0. The summed E-state index contributed by atoms with van der Waals surface area (Å²) in [6.45, 7) is 2.17. The van der Waals surface area contributed by atoms with Crippen LogP contribution in [0.5, 0.6) is 0 Å². The fourth-order valence-electron chi connectivity index (χ4n) is 2.29. The number of halogens is 1. The van der Waals surface area contributed by atoms with Gasteiger partial charge in [0.2, 0.25) is 5.91 Å². The zero-order chi connectivity index (χ0) is 12.8. The normalized spacial score (nSPS) is 17.8. The van der Waals surface area contributed by atoms with Gasteiger partial charge in [-0.25, -0.2) is 0 Å². The van der Waals surface area contributed by atoms with E-state index in [1.165, 1.54) is 5.56 Å². The average Bonchev–Trinajstić information content (AvgIpc) is 2.94. The molecule has 4 nitrogen and oxygen atoms in total. The van der Waals surface area contributed by atoms with Crippen LogP contribution in [-0.2, 0) is 16.0 Å². The van der Waals surface area contributed by atoms with E-state index in [1.54, 1.807) is 0 Å². The molecule has 0 aromatic heterocycles. The Hall–Kier alpha value is -1.10. The van der Waals surface area contributed by atoms with E-state index in [9.17, 15) is 4.79 Å². The largest absolute Gasteiger partial charge is 0.379 e. The number of nitrogens with zero attached hydrogens (tertiary/aromatic N) is 1. The minimum absolute atomic E-state index is 0. The maximum Gasteiger partial charge on any atom is 0.236 e. The first-order valence-corrected chi connectivity index (χ1v) is 6.42. The number of rotatable bonds is 5. The Balaban J connectivity index is 0.00000180. The zero-order valence-electron chi connectivity index (χ0n) is 11.0. The molecule has 0 radical (unpaired) electrons. The molecule has 1 aromatic rings. The average molecular weight is 285 g/mol. The fourth-order valence-corrected chi connectivity index (χ4v) is 2.29. The highest BCUT2D eigenvalue weighted by molar-refractivity contribution is 5.85. The van der Waals surface area contributed by atoms with Gasteiger partial charge < -0.3 is 15.4 Å². The molecular weight excluding hydrogens is 264 g/mol. The number of nitrogens with two attached hydrogens (primary N) is 1. The maximum atomic E-state index is 11.9. The van der Waals surface area contributed by atoms with E-state index in [1.807, 2.05) is 23.1 Å². The smallest absolute Gasteiger partial charge is 0.236 e. The fraction of sp³-hybridized carbons (Fsp3) is 0.500. The van der Waals surface area contributed by atoms with Crippen LogP contribution >= 0.6 is 12.4 Å². The van der Waals surface area contributed by atoms with Crippen LogP contribution in [0.15, 0.2) is 30.3 Å². The Kier molecular flexibility index (Phi) is 6.84. The first kappa shape index (κ1) is 16.0. The number of carbonyl (C=O) groups is 1. The first-order valence-electron chi connectivity index (χ1n) is 6.42. The molecule has 5 heteroatoms. The van der Waals surface area contributed by atoms with Gasteiger partial charge in [-0.3, -0.25) is 4.79 Å². The molecule has 1 saturated heterocycles. The lowest BCUT2D eigenvalue weighted by molar-refractivity contribution is -0.132. The first-order chi connectivity index (χ1) is 8.81. The molecule has 19 heavy (non-hydrogen) atoms. The lowest BCUT2D eigenvalue weighted by Crippen LogP contribution is -2.45. The van der Waals surface area contributed by atoms with E-state index < -0.39 is 0 Å². The number of ether oxygens (including phenoxy) is 1.